The Morgan fingerprint density at radius 1 is 1.47 bits per heavy atom. The average molecular weight is 245 g/mol. The second-order valence-electron chi connectivity index (χ2n) is 3.78. The van der Waals surface area contributed by atoms with Gasteiger partial charge in [-0.15, -0.1) is 11.3 Å². The van der Waals surface area contributed by atoms with Crippen LogP contribution in [0.3, 0.4) is 0 Å². The zero-order chi connectivity index (χ0) is 11.3. The first kappa shape index (κ1) is 12.9. The van der Waals surface area contributed by atoms with Crippen LogP contribution in [0.5, 0.6) is 0 Å². The van der Waals surface area contributed by atoms with E-state index in [4.69, 9.17) is 5.73 Å². The van der Waals surface area contributed by atoms with E-state index in [1.807, 2.05) is 6.92 Å². The molecule has 0 spiro atoms. The summed E-state index contributed by atoms with van der Waals surface area (Å²) in [4.78, 5) is 2.60. The fourth-order valence-electron chi connectivity index (χ4n) is 1.24. The highest BCUT2D eigenvalue weighted by Crippen LogP contribution is 2.18. The Hall–Kier alpha value is -0.190. The maximum atomic E-state index is 11.7. The molecule has 2 N–H and O–H groups in total. The molecule has 0 aliphatic rings. The number of nitrogens with two attached hydrogens (primary N) is 1. The Kier molecular flexibility index (Phi) is 5.50. The molecule has 86 valence electrons. The zero-order valence-corrected chi connectivity index (χ0v) is 11.0. The standard InChI is InChI=1S/C11H19NOS2/c1-3-10-4-5-11(14-10)8-15(13)7-6-9(2)12/h4-5,9H,3,6-8,12H2,1-2H3. The second kappa shape index (κ2) is 6.40. The lowest BCUT2D eigenvalue weighted by atomic mass is 10.3. The van der Waals surface area contributed by atoms with Crippen molar-refractivity contribution >= 4 is 22.1 Å². The molecule has 0 aliphatic heterocycles. The summed E-state index contributed by atoms with van der Waals surface area (Å²) in [7, 11) is -0.750. The van der Waals surface area contributed by atoms with Gasteiger partial charge in [0, 0.05) is 32.3 Å². The lowest BCUT2D eigenvalue weighted by Gasteiger charge is -2.03. The van der Waals surface area contributed by atoms with E-state index in [1.165, 1.54) is 9.75 Å². The van der Waals surface area contributed by atoms with Gasteiger partial charge < -0.3 is 5.73 Å². The van der Waals surface area contributed by atoms with E-state index in [2.05, 4.69) is 19.1 Å². The van der Waals surface area contributed by atoms with Crippen LogP contribution in [0, 0.1) is 0 Å². The second-order valence-corrected chi connectivity index (χ2v) is 6.61. The van der Waals surface area contributed by atoms with E-state index < -0.39 is 10.8 Å². The largest absolute Gasteiger partial charge is 0.328 e. The topological polar surface area (TPSA) is 43.1 Å². The van der Waals surface area contributed by atoms with Crippen molar-refractivity contribution in [3.05, 3.63) is 21.9 Å². The third-order valence-electron chi connectivity index (χ3n) is 2.17. The molecule has 0 bridgehead atoms. The maximum absolute atomic E-state index is 11.7. The summed E-state index contributed by atoms with van der Waals surface area (Å²) in [5, 5.41) is 0. The number of hydrogen-bond acceptors (Lipinski definition) is 3. The van der Waals surface area contributed by atoms with Crippen LogP contribution in [0.25, 0.3) is 0 Å². The van der Waals surface area contributed by atoms with Crippen LogP contribution in [0.4, 0.5) is 0 Å². The van der Waals surface area contributed by atoms with E-state index >= 15 is 0 Å². The molecule has 0 saturated carbocycles. The molecule has 0 aliphatic carbocycles. The summed E-state index contributed by atoms with van der Waals surface area (Å²) in [6.07, 6.45) is 1.91. The van der Waals surface area contributed by atoms with Gasteiger partial charge >= 0.3 is 0 Å². The summed E-state index contributed by atoms with van der Waals surface area (Å²) in [6.45, 7) is 4.10. The van der Waals surface area contributed by atoms with Crippen LogP contribution < -0.4 is 5.73 Å². The molecule has 1 rings (SSSR count). The van der Waals surface area contributed by atoms with Crippen LogP contribution in [0.2, 0.25) is 0 Å². The van der Waals surface area contributed by atoms with Crippen molar-refractivity contribution in [1.82, 2.24) is 0 Å². The average Bonchev–Trinajstić information content (AvgIpc) is 2.62. The molecule has 0 amide bonds. The van der Waals surface area contributed by atoms with Gasteiger partial charge in [-0.2, -0.15) is 0 Å². The highest BCUT2D eigenvalue weighted by atomic mass is 32.2. The summed E-state index contributed by atoms with van der Waals surface area (Å²) >= 11 is 1.77. The van der Waals surface area contributed by atoms with Crippen molar-refractivity contribution in [3.8, 4) is 0 Å². The predicted molar refractivity (Wildman–Crippen MR) is 68.7 cm³/mol. The van der Waals surface area contributed by atoms with Crippen LogP contribution in [-0.4, -0.2) is 16.0 Å². The van der Waals surface area contributed by atoms with Gasteiger partial charge in [0.05, 0.1) is 5.75 Å². The number of aryl methyl sites for hydroxylation is 1. The van der Waals surface area contributed by atoms with Crippen molar-refractivity contribution < 1.29 is 4.21 Å². The quantitative estimate of drug-likeness (QED) is 0.835. The van der Waals surface area contributed by atoms with Crippen LogP contribution >= 0.6 is 11.3 Å². The van der Waals surface area contributed by atoms with E-state index in [9.17, 15) is 4.21 Å². The summed E-state index contributed by atoms with van der Waals surface area (Å²) in [6, 6.07) is 4.37. The van der Waals surface area contributed by atoms with Gasteiger partial charge in [-0.1, -0.05) is 6.92 Å². The Morgan fingerprint density at radius 3 is 2.67 bits per heavy atom. The smallest absolute Gasteiger partial charge is 0.0579 e. The maximum Gasteiger partial charge on any atom is 0.0579 e. The third kappa shape index (κ3) is 4.91. The molecule has 4 heteroatoms. The summed E-state index contributed by atoms with van der Waals surface area (Å²) in [5.74, 6) is 1.41. The molecule has 0 aromatic carbocycles. The van der Waals surface area contributed by atoms with Gasteiger partial charge in [0.1, 0.15) is 0 Å². The summed E-state index contributed by atoms with van der Waals surface area (Å²) < 4.78 is 11.7. The van der Waals surface area contributed by atoms with Gasteiger partial charge in [-0.25, -0.2) is 0 Å². The SMILES string of the molecule is CCc1ccc(CS(=O)CCC(C)N)s1. The first-order valence-corrected chi connectivity index (χ1v) is 7.60. The van der Waals surface area contributed by atoms with Crippen molar-refractivity contribution in [1.29, 1.82) is 0 Å². The van der Waals surface area contributed by atoms with E-state index in [0.29, 0.717) is 5.75 Å². The zero-order valence-electron chi connectivity index (χ0n) is 9.36. The van der Waals surface area contributed by atoms with E-state index in [-0.39, 0.29) is 6.04 Å². The molecule has 0 radical (unpaired) electrons. The minimum Gasteiger partial charge on any atom is -0.328 e. The molecule has 0 saturated heterocycles. The molecular formula is C11H19NOS2. The fourth-order valence-corrected chi connectivity index (χ4v) is 3.81. The molecule has 2 atom stereocenters. The predicted octanol–water partition coefficient (Wildman–Crippen LogP) is 2.30. The molecule has 2 unspecified atom stereocenters. The Bertz CT molecular complexity index is 320. The highest BCUT2D eigenvalue weighted by molar-refractivity contribution is 7.84. The highest BCUT2D eigenvalue weighted by Gasteiger charge is 2.05. The van der Waals surface area contributed by atoms with Crippen molar-refractivity contribution in [2.24, 2.45) is 5.73 Å². The lowest BCUT2D eigenvalue weighted by Crippen LogP contribution is -2.18. The van der Waals surface area contributed by atoms with Gasteiger partial charge in [-0.05, 0) is 31.9 Å². The van der Waals surface area contributed by atoms with E-state index in [0.717, 1.165) is 18.6 Å². The monoisotopic (exact) mass is 245 g/mol. The molecular weight excluding hydrogens is 226 g/mol. The molecule has 1 heterocycles. The van der Waals surface area contributed by atoms with Crippen LogP contribution in [0.1, 0.15) is 30.0 Å². The van der Waals surface area contributed by atoms with Crippen LogP contribution in [-0.2, 0) is 23.0 Å². The number of rotatable bonds is 6. The first-order chi connectivity index (χ1) is 7.11. The third-order valence-corrected chi connectivity index (χ3v) is 4.91. The summed E-state index contributed by atoms with van der Waals surface area (Å²) in [5.41, 5.74) is 5.63. The molecule has 15 heavy (non-hydrogen) atoms. The van der Waals surface area contributed by atoms with Crippen molar-refractivity contribution in [3.63, 3.8) is 0 Å². The molecule has 1 aromatic rings. The minimum atomic E-state index is -0.750. The Labute approximate surface area is 98.3 Å². The van der Waals surface area contributed by atoms with Crippen molar-refractivity contribution in [2.45, 2.75) is 38.5 Å². The number of hydrogen-bond donors (Lipinski definition) is 1. The van der Waals surface area contributed by atoms with E-state index in [1.54, 1.807) is 11.3 Å². The molecule has 0 fully saturated rings. The van der Waals surface area contributed by atoms with Gasteiger partial charge in [0.15, 0.2) is 0 Å². The normalized spacial score (nSPS) is 15.1. The Morgan fingerprint density at radius 2 is 2.13 bits per heavy atom. The van der Waals surface area contributed by atoms with Gasteiger partial charge in [0.25, 0.3) is 0 Å². The van der Waals surface area contributed by atoms with Gasteiger partial charge in [0.2, 0.25) is 0 Å². The lowest BCUT2D eigenvalue weighted by molar-refractivity contribution is 0.667. The number of thiophene rings is 1. The fraction of sp³-hybridized carbons (Fsp3) is 0.636. The van der Waals surface area contributed by atoms with Crippen molar-refractivity contribution in [2.75, 3.05) is 5.75 Å². The van der Waals surface area contributed by atoms with Crippen LogP contribution in [0.15, 0.2) is 12.1 Å². The molecule has 2 nitrogen and oxygen atoms in total. The van der Waals surface area contributed by atoms with Gasteiger partial charge in [-0.3, -0.25) is 4.21 Å². The minimum absolute atomic E-state index is 0.156. The molecule has 1 aromatic heterocycles. The Balaban J connectivity index is 2.37. The first-order valence-electron chi connectivity index (χ1n) is 5.30.